The van der Waals surface area contributed by atoms with Crippen LogP contribution in [0.25, 0.3) is 21.5 Å². The number of fused-ring (bicyclic) bond motifs is 1. The maximum Gasteiger partial charge on any atom is 0.256 e. The number of para-hydroxylation sites is 1. The van der Waals surface area contributed by atoms with Crippen molar-refractivity contribution < 1.29 is 4.79 Å². The molecule has 0 saturated heterocycles. The maximum atomic E-state index is 13.2. The highest BCUT2D eigenvalue weighted by atomic mass is 32.1. The lowest BCUT2D eigenvalue weighted by Gasteiger charge is -2.10. The summed E-state index contributed by atoms with van der Waals surface area (Å²) >= 11 is 1.60. The smallest absolute Gasteiger partial charge is 0.256 e. The Morgan fingerprint density at radius 3 is 2.25 bits per heavy atom. The Balaban J connectivity index is 1.39. The molecule has 0 aliphatic heterocycles. The third-order valence-corrected chi connectivity index (χ3v) is 5.79. The van der Waals surface area contributed by atoms with Crippen molar-refractivity contribution in [3.63, 3.8) is 0 Å². The van der Waals surface area contributed by atoms with E-state index in [-0.39, 0.29) is 5.91 Å². The van der Waals surface area contributed by atoms with E-state index < -0.39 is 0 Å². The van der Waals surface area contributed by atoms with Crippen molar-refractivity contribution in [3.8, 4) is 10.6 Å². The Kier molecular flexibility index (Phi) is 5.51. The number of rotatable bonds is 5. The number of hydrogen-bond donors (Lipinski definition) is 1. The highest BCUT2D eigenvalue weighted by Crippen LogP contribution is 2.28. The molecule has 0 saturated carbocycles. The van der Waals surface area contributed by atoms with Gasteiger partial charge in [-0.25, -0.2) is 4.98 Å². The van der Waals surface area contributed by atoms with E-state index in [1.807, 2.05) is 102 Å². The topological polar surface area (TPSA) is 66.7 Å². The summed E-state index contributed by atoms with van der Waals surface area (Å²) in [6.45, 7) is 0. The van der Waals surface area contributed by atoms with Crippen LogP contribution >= 0.6 is 11.3 Å². The molecular weight excluding hydrogens is 416 g/mol. The maximum absolute atomic E-state index is 13.2. The second kappa shape index (κ2) is 8.91. The molecule has 5 nitrogen and oxygen atoms in total. The minimum Gasteiger partial charge on any atom is -0.322 e. The zero-order valence-corrected chi connectivity index (χ0v) is 17.8. The fourth-order valence-electron chi connectivity index (χ4n) is 3.33. The summed E-state index contributed by atoms with van der Waals surface area (Å²) in [6.07, 6.45) is 0. The van der Waals surface area contributed by atoms with Gasteiger partial charge in [-0.3, -0.25) is 4.79 Å². The second-order valence-electron chi connectivity index (χ2n) is 7.09. The van der Waals surface area contributed by atoms with Crippen molar-refractivity contribution in [2.24, 2.45) is 10.2 Å². The number of pyridine rings is 1. The fraction of sp³-hybridized carbons (Fsp3) is 0. The Labute approximate surface area is 189 Å². The summed E-state index contributed by atoms with van der Waals surface area (Å²) in [5.41, 5.74) is 4.36. The first-order valence-electron chi connectivity index (χ1n) is 10.1. The molecule has 1 amide bonds. The highest BCUT2D eigenvalue weighted by Gasteiger charge is 2.14. The van der Waals surface area contributed by atoms with Crippen molar-refractivity contribution in [1.82, 2.24) is 4.98 Å². The fourth-order valence-corrected chi connectivity index (χ4v) is 4.02. The third-order valence-electron chi connectivity index (χ3n) is 4.90. The molecule has 0 fully saturated rings. The van der Waals surface area contributed by atoms with E-state index in [1.54, 1.807) is 11.3 Å². The van der Waals surface area contributed by atoms with Gasteiger partial charge in [-0.1, -0.05) is 42.5 Å². The van der Waals surface area contributed by atoms with Crippen LogP contribution in [-0.2, 0) is 0 Å². The normalized spacial score (nSPS) is 11.1. The second-order valence-corrected chi connectivity index (χ2v) is 8.03. The van der Waals surface area contributed by atoms with Crippen LogP contribution in [0.2, 0.25) is 0 Å². The van der Waals surface area contributed by atoms with E-state index in [0.29, 0.717) is 16.9 Å². The third kappa shape index (κ3) is 4.31. The van der Waals surface area contributed by atoms with Gasteiger partial charge in [0.15, 0.2) is 0 Å². The van der Waals surface area contributed by atoms with Gasteiger partial charge >= 0.3 is 0 Å². The summed E-state index contributed by atoms with van der Waals surface area (Å²) in [6, 6.07) is 30.4. The first kappa shape index (κ1) is 19.8. The van der Waals surface area contributed by atoms with E-state index in [4.69, 9.17) is 4.98 Å². The van der Waals surface area contributed by atoms with Gasteiger partial charge < -0.3 is 5.32 Å². The molecular formula is C26H18N4OS. The average molecular weight is 435 g/mol. The van der Waals surface area contributed by atoms with Gasteiger partial charge in [-0.2, -0.15) is 10.2 Å². The van der Waals surface area contributed by atoms with Crippen molar-refractivity contribution in [2.75, 3.05) is 5.32 Å². The molecule has 0 aliphatic rings. The van der Waals surface area contributed by atoms with Gasteiger partial charge in [0.2, 0.25) is 0 Å². The number of anilines is 1. The molecule has 0 atom stereocenters. The molecule has 154 valence electrons. The molecule has 0 radical (unpaired) electrons. The number of benzene rings is 3. The molecule has 0 bridgehead atoms. The van der Waals surface area contributed by atoms with Crippen LogP contribution in [0.15, 0.2) is 113 Å². The molecule has 5 rings (SSSR count). The van der Waals surface area contributed by atoms with Crippen LogP contribution in [0.3, 0.4) is 0 Å². The molecule has 0 spiro atoms. The van der Waals surface area contributed by atoms with Crippen LogP contribution < -0.4 is 5.32 Å². The average Bonchev–Trinajstić information content (AvgIpc) is 3.39. The SMILES string of the molecule is O=C(Nc1ccc(N=Nc2ccccc2)cc1)c1cc(-c2cccs2)nc2ccccc12. The number of azo groups is 1. The Hall–Kier alpha value is -4.16. The first-order valence-corrected chi connectivity index (χ1v) is 11.0. The predicted octanol–water partition coefficient (Wildman–Crippen LogP) is 7.63. The molecule has 5 aromatic rings. The van der Waals surface area contributed by atoms with Crippen molar-refractivity contribution in [3.05, 3.63) is 108 Å². The van der Waals surface area contributed by atoms with Crippen LogP contribution in [0, 0.1) is 0 Å². The molecule has 2 heterocycles. The van der Waals surface area contributed by atoms with Crippen molar-refractivity contribution in [1.29, 1.82) is 0 Å². The number of thiophene rings is 1. The van der Waals surface area contributed by atoms with E-state index in [9.17, 15) is 4.79 Å². The van der Waals surface area contributed by atoms with E-state index >= 15 is 0 Å². The minimum atomic E-state index is -0.180. The van der Waals surface area contributed by atoms with Crippen LogP contribution in [0.4, 0.5) is 17.1 Å². The molecule has 0 unspecified atom stereocenters. The summed E-state index contributed by atoms with van der Waals surface area (Å²) in [5.74, 6) is -0.180. The van der Waals surface area contributed by atoms with Crippen molar-refractivity contribution >= 4 is 45.2 Å². The number of nitrogens with zero attached hydrogens (tertiary/aromatic N) is 3. The zero-order valence-electron chi connectivity index (χ0n) is 17.0. The van der Waals surface area contributed by atoms with Gasteiger partial charge in [-0.15, -0.1) is 11.3 Å². The number of aromatic nitrogens is 1. The minimum absolute atomic E-state index is 0.180. The molecule has 6 heteroatoms. The van der Waals surface area contributed by atoms with E-state index in [2.05, 4.69) is 15.5 Å². The number of amides is 1. The van der Waals surface area contributed by atoms with Crippen LogP contribution in [0.1, 0.15) is 10.4 Å². The van der Waals surface area contributed by atoms with Gasteiger partial charge in [0, 0.05) is 11.1 Å². The summed E-state index contributed by atoms with van der Waals surface area (Å²) in [7, 11) is 0. The Morgan fingerprint density at radius 2 is 1.50 bits per heavy atom. The first-order chi connectivity index (χ1) is 15.8. The van der Waals surface area contributed by atoms with Crippen LogP contribution in [0.5, 0.6) is 0 Å². The van der Waals surface area contributed by atoms with Gasteiger partial charge in [0.25, 0.3) is 5.91 Å². The van der Waals surface area contributed by atoms with Gasteiger partial charge in [0.1, 0.15) is 0 Å². The lowest BCUT2D eigenvalue weighted by Crippen LogP contribution is -2.13. The molecule has 0 aliphatic carbocycles. The largest absolute Gasteiger partial charge is 0.322 e. The predicted molar refractivity (Wildman–Crippen MR) is 130 cm³/mol. The van der Waals surface area contributed by atoms with E-state index in [1.165, 1.54) is 0 Å². The number of carbonyl (C=O) groups excluding carboxylic acids is 1. The Bertz CT molecular complexity index is 1400. The lowest BCUT2D eigenvalue weighted by atomic mass is 10.1. The van der Waals surface area contributed by atoms with Crippen molar-refractivity contribution in [2.45, 2.75) is 0 Å². The number of hydrogen-bond acceptors (Lipinski definition) is 5. The zero-order chi connectivity index (χ0) is 21.8. The van der Waals surface area contributed by atoms with E-state index in [0.717, 1.165) is 27.2 Å². The molecule has 32 heavy (non-hydrogen) atoms. The van der Waals surface area contributed by atoms with Crippen LogP contribution in [-0.4, -0.2) is 10.9 Å². The van der Waals surface area contributed by atoms with Gasteiger partial charge in [-0.05, 0) is 60.0 Å². The highest BCUT2D eigenvalue weighted by molar-refractivity contribution is 7.13. The molecule has 3 aromatic carbocycles. The number of nitrogens with one attached hydrogen (secondary N) is 1. The summed E-state index contributed by atoms with van der Waals surface area (Å²) in [5, 5.41) is 14.3. The monoisotopic (exact) mass is 434 g/mol. The summed E-state index contributed by atoms with van der Waals surface area (Å²) in [4.78, 5) is 18.9. The molecule has 1 N–H and O–H groups in total. The van der Waals surface area contributed by atoms with Gasteiger partial charge in [0.05, 0.1) is 33.0 Å². The lowest BCUT2D eigenvalue weighted by molar-refractivity contribution is 0.102. The number of carbonyl (C=O) groups is 1. The summed E-state index contributed by atoms with van der Waals surface area (Å²) < 4.78 is 0. The molecule has 2 aromatic heterocycles. The standard InChI is InChI=1S/C26H18N4OS/c31-26(27-18-12-14-20(15-13-18)30-29-19-7-2-1-3-8-19)22-17-24(25-11-6-16-32-25)28-23-10-5-4-9-21(22)23/h1-17H,(H,27,31). The Morgan fingerprint density at radius 1 is 0.781 bits per heavy atom. The quantitative estimate of drug-likeness (QED) is 0.289.